The molecule has 0 radical (unpaired) electrons. The zero-order valence-corrected chi connectivity index (χ0v) is 13.3. The Morgan fingerprint density at radius 3 is 3.00 bits per heavy atom. The van der Waals surface area contributed by atoms with E-state index < -0.39 is 0 Å². The lowest BCUT2D eigenvalue weighted by molar-refractivity contribution is 0.0787. The second-order valence-corrected chi connectivity index (χ2v) is 7.24. The van der Waals surface area contributed by atoms with E-state index in [4.69, 9.17) is 0 Å². The molecule has 2 aliphatic heterocycles. The van der Waals surface area contributed by atoms with Gasteiger partial charge in [0.1, 0.15) is 5.82 Å². The van der Waals surface area contributed by atoms with Crippen LogP contribution in [0.4, 0.5) is 5.82 Å². The van der Waals surface area contributed by atoms with Crippen molar-refractivity contribution in [2.45, 2.75) is 52.0 Å². The molecule has 1 atom stereocenters. The van der Waals surface area contributed by atoms with E-state index in [-0.39, 0.29) is 11.4 Å². The number of anilines is 1. The number of nitrogens with one attached hydrogen (secondary N) is 1. The van der Waals surface area contributed by atoms with Crippen molar-refractivity contribution in [1.82, 2.24) is 9.88 Å². The van der Waals surface area contributed by atoms with Crippen LogP contribution in [0.15, 0.2) is 12.3 Å². The Bertz CT molecular complexity index is 553. The van der Waals surface area contributed by atoms with Gasteiger partial charge in [-0.2, -0.15) is 0 Å². The monoisotopic (exact) mass is 287 g/mol. The van der Waals surface area contributed by atoms with Gasteiger partial charge in [0.15, 0.2) is 0 Å². The molecule has 0 aromatic carbocycles. The molecule has 114 valence electrons. The van der Waals surface area contributed by atoms with E-state index in [1.165, 1.54) is 5.56 Å². The summed E-state index contributed by atoms with van der Waals surface area (Å²) < 4.78 is 0. The molecule has 4 heteroatoms. The van der Waals surface area contributed by atoms with Crippen molar-refractivity contribution in [2.24, 2.45) is 5.92 Å². The summed E-state index contributed by atoms with van der Waals surface area (Å²) in [7, 11) is 0. The molecule has 0 unspecified atom stereocenters. The van der Waals surface area contributed by atoms with Gasteiger partial charge in [-0.05, 0) is 57.1 Å². The number of pyridine rings is 1. The van der Waals surface area contributed by atoms with Crippen molar-refractivity contribution in [3.8, 4) is 0 Å². The van der Waals surface area contributed by atoms with E-state index in [2.05, 4.69) is 31.1 Å². The molecule has 4 nitrogen and oxygen atoms in total. The van der Waals surface area contributed by atoms with Crippen LogP contribution in [0.3, 0.4) is 0 Å². The molecule has 1 aromatic rings. The van der Waals surface area contributed by atoms with Gasteiger partial charge in [-0.3, -0.25) is 4.79 Å². The number of rotatable bonds is 1. The van der Waals surface area contributed by atoms with Crippen LogP contribution in [0, 0.1) is 5.92 Å². The number of amides is 1. The van der Waals surface area contributed by atoms with E-state index in [1.807, 2.05) is 11.0 Å². The second kappa shape index (κ2) is 5.32. The highest BCUT2D eigenvalue weighted by molar-refractivity contribution is 5.94. The van der Waals surface area contributed by atoms with Gasteiger partial charge >= 0.3 is 0 Å². The minimum absolute atomic E-state index is 0.0775. The molecule has 0 saturated carbocycles. The quantitative estimate of drug-likeness (QED) is 0.863. The van der Waals surface area contributed by atoms with Crippen LogP contribution in [0.2, 0.25) is 0 Å². The highest BCUT2D eigenvalue weighted by atomic mass is 16.2. The van der Waals surface area contributed by atoms with Crippen molar-refractivity contribution in [2.75, 3.05) is 18.4 Å². The first kappa shape index (κ1) is 14.4. The molecule has 2 aliphatic rings. The molecule has 1 amide bonds. The lowest BCUT2D eigenvalue weighted by atomic mass is 9.98. The van der Waals surface area contributed by atoms with Crippen molar-refractivity contribution in [3.05, 3.63) is 23.4 Å². The minimum atomic E-state index is 0.0775. The average Bonchev–Trinajstić information content (AvgIpc) is 2.78. The Hall–Kier alpha value is -1.58. The van der Waals surface area contributed by atoms with Crippen LogP contribution >= 0.6 is 0 Å². The molecule has 0 aliphatic carbocycles. The van der Waals surface area contributed by atoms with E-state index in [0.717, 1.165) is 50.2 Å². The number of carbonyl (C=O) groups excluding carboxylic acids is 1. The van der Waals surface area contributed by atoms with E-state index in [9.17, 15) is 4.79 Å². The molecule has 3 heterocycles. The lowest BCUT2D eigenvalue weighted by Gasteiger charge is -2.25. The fourth-order valence-corrected chi connectivity index (χ4v) is 3.34. The second-order valence-electron chi connectivity index (χ2n) is 7.24. The largest absolute Gasteiger partial charge is 0.365 e. The van der Waals surface area contributed by atoms with E-state index >= 15 is 0 Å². The van der Waals surface area contributed by atoms with Gasteiger partial charge in [0.25, 0.3) is 5.91 Å². The topological polar surface area (TPSA) is 45.2 Å². The van der Waals surface area contributed by atoms with Gasteiger partial charge in [-0.25, -0.2) is 4.98 Å². The third kappa shape index (κ3) is 3.04. The number of nitrogens with zero attached hydrogens (tertiary/aromatic N) is 2. The zero-order chi connectivity index (χ0) is 15.0. The molecule has 3 rings (SSSR count). The summed E-state index contributed by atoms with van der Waals surface area (Å²) in [5.41, 5.74) is 2.00. The number of aromatic nitrogens is 1. The molecule has 21 heavy (non-hydrogen) atoms. The summed E-state index contributed by atoms with van der Waals surface area (Å²) in [6, 6.07) is 2.04. The van der Waals surface area contributed by atoms with Crippen LogP contribution in [0.25, 0.3) is 0 Å². The fourth-order valence-electron chi connectivity index (χ4n) is 3.34. The van der Waals surface area contributed by atoms with Crippen LogP contribution in [0.5, 0.6) is 0 Å². The number of hydrogen-bond acceptors (Lipinski definition) is 3. The third-order valence-electron chi connectivity index (χ3n) is 4.63. The maximum Gasteiger partial charge on any atom is 0.255 e. The standard InChI is InChI=1S/C17H25N3O/c1-12-6-8-20(11-12)16(21)14-9-13-5-4-7-17(2,3)19-15(13)18-10-14/h9-10,12H,4-8,11H2,1-3H3,(H,18,19)/t12-/m0/s1. The van der Waals surface area contributed by atoms with Crippen LogP contribution < -0.4 is 5.32 Å². The number of likely N-dealkylation sites (tertiary alicyclic amines) is 1. The first-order chi connectivity index (χ1) is 9.94. The van der Waals surface area contributed by atoms with Gasteiger partial charge in [0.2, 0.25) is 0 Å². The smallest absolute Gasteiger partial charge is 0.255 e. The average molecular weight is 287 g/mol. The summed E-state index contributed by atoms with van der Waals surface area (Å²) in [5, 5.41) is 3.51. The number of aryl methyl sites for hydroxylation is 1. The molecular weight excluding hydrogens is 262 g/mol. The Balaban J connectivity index is 1.83. The number of fused-ring (bicyclic) bond motifs is 1. The predicted octanol–water partition coefficient (Wildman–Crippen LogP) is 3.09. The van der Waals surface area contributed by atoms with Gasteiger partial charge in [0.05, 0.1) is 5.56 Å². The zero-order valence-electron chi connectivity index (χ0n) is 13.3. The summed E-state index contributed by atoms with van der Waals surface area (Å²) in [6.45, 7) is 8.36. The van der Waals surface area contributed by atoms with Gasteiger partial charge < -0.3 is 10.2 Å². The SMILES string of the molecule is C[C@H]1CCN(C(=O)c2cnc3c(c2)CCCC(C)(C)N3)C1. The Kier molecular flexibility index (Phi) is 3.64. The highest BCUT2D eigenvalue weighted by Crippen LogP contribution is 2.28. The molecule has 1 fully saturated rings. The van der Waals surface area contributed by atoms with Crippen LogP contribution in [-0.2, 0) is 6.42 Å². The molecular formula is C17H25N3O. The van der Waals surface area contributed by atoms with Gasteiger partial charge in [-0.15, -0.1) is 0 Å². The molecule has 1 N–H and O–H groups in total. The van der Waals surface area contributed by atoms with Crippen molar-refractivity contribution < 1.29 is 4.79 Å². The Morgan fingerprint density at radius 2 is 2.29 bits per heavy atom. The van der Waals surface area contributed by atoms with Crippen molar-refractivity contribution in [1.29, 1.82) is 0 Å². The Morgan fingerprint density at radius 1 is 1.48 bits per heavy atom. The molecule has 0 spiro atoms. The Labute approximate surface area is 126 Å². The first-order valence-corrected chi connectivity index (χ1v) is 8.01. The maximum atomic E-state index is 12.6. The predicted molar refractivity (Wildman–Crippen MR) is 84.6 cm³/mol. The minimum Gasteiger partial charge on any atom is -0.365 e. The van der Waals surface area contributed by atoms with Crippen molar-refractivity contribution >= 4 is 11.7 Å². The molecule has 1 saturated heterocycles. The van der Waals surface area contributed by atoms with E-state index in [1.54, 1.807) is 6.20 Å². The van der Waals surface area contributed by atoms with Gasteiger partial charge in [-0.1, -0.05) is 6.92 Å². The van der Waals surface area contributed by atoms with Crippen LogP contribution in [-0.4, -0.2) is 34.4 Å². The van der Waals surface area contributed by atoms with E-state index in [0.29, 0.717) is 5.92 Å². The maximum absolute atomic E-state index is 12.6. The normalized spacial score (nSPS) is 24.1. The van der Waals surface area contributed by atoms with Crippen LogP contribution in [0.1, 0.15) is 56.0 Å². The third-order valence-corrected chi connectivity index (χ3v) is 4.63. The van der Waals surface area contributed by atoms with Crippen molar-refractivity contribution in [3.63, 3.8) is 0 Å². The molecule has 0 bridgehead atoms. The van der Waals surface area contributed by atoms with Gasteiger partial charge in [0, 0.05) is 24.8 Å². The highest BCUT2D eigenvalue weighted by Gasteiger charge is 2.27. The lowest BCUT2D eigenvalue weighted by Crippen LogP contribution is -2.30. The number of hydrogen-bond donors (Lipinski definition) is 1. The summed E-state index contributed by atoms with van der Waals surface area (Å²) >= 11 is 0. The summed E-state index contributed by atoms with van der Waals surface area (Å²) in [6.07, 6.45) is 6.10. The summed E-state index contributed by atoms with van der Waals surface area (Å²) in [5.74, 6) is 1.70. The number of carbonyl (C=O) groups is 1. The fraction of sp³-hybridized carbons (Fsp3) is 0.647. The first-order valence-electron chi connectivity index (χ1n) is 8.01. The molecule has 1 aromatic heterocycles. The summed E-state index contributed by atoms with van der Waals surface area (Å²) in [4.78, 5) is 19.0.